The minimum absolute atomic E-state index is 0.0827. The van der Waals surface area contributed by atoms with Crippen molar-refractivity contribution in [2.24, 2.45) is 0 Å². The summed E-state index contributed by atoms with van der Waals surface area (Å²) in [6.07, 6.45) is 1.16. The summed E-state index contributed by atoms with van der Waals surface area (Å²) < 4.78 is 10.5. The van der Waals surface area contributed by atoms with E-state index >= 15 is 0 Å². The number of fused-ring (bicyclic) bond motifs is 1. The van der Waals surface area contributed by atoms with Gasteiger partial charge in [0.1, 0.15) is 23.2 Å². The number of hydrogen-bond acceptors (Lipinski definition) is 4. The summed E-state index contributed by atoms with van der Waals surface area (Å²) in [7, 11) is 1.50. The summed E-state index contributed by atoms with van der Waals surface area (Å²) in [6, 6.07) is 11.4. The largest absolute Gasteiger partial charge is 0.497 e. The van der Waals surface area contributed by atoms with Gasteiger partial charge < -0.3 is 14.5 Å². The van der Waals surface area contributed by atoms with E-state index in [9.17, 15) is 9.59 Å². The molecule has 0 bridgehead atoms. The molecule has 23 heavy (non-hydrogen) atoms. The predicted molar refractivity (Wildman–Crippen MR) is 88.4 cm³/mol. The van der Waals surface area contributed by atoms with Gasteiger partial charge in [0.15, 0.2) is 0 Å². The van der Waals surface area contributed by atoms with Crippen molar-refractivity contribution < 1.29 is 13.9 Å². The van der Waals surface area contributed by atoms with Gasteiger partial charge in [0.25, 0.3) is 5.91 Å². The molecule has 0 aliphatic rings. The van der Waals surface area contributed by atoms with Gasteiger partial charge in [-0.3, -0.25) is 9.59 Å². The number of anilines is 1. The predicted octanol–water partition coefficient (Wildman–Crippen LogP) is 3.71. The summed E-state index contributed by atoms with van der Waals surface area (Å²) in [5, 5.41) is 3.47. The Morgan fingerprint density at radius 3 is 2.61 bits per heavy atom. The lowest BCUT2D eigenvalue weighted by Crippen LogP contribution is -2.21. The molecule has 0 atom stereocenters. The molecular weight excluding hydrogens is 318 g/mol. The second-order valence-electron chi connectivity index (χ2n) is 4.80. The number of benzene rings is 2. The molecule has 0 saturated carbocycles. The average Bonchev–Trinajstić information content (AvgIpc) is 2.57. The van der Waals surface area contributed by atoms with Crippen LogP contribution >= 0.6 is 11.6 Å². The highest BCUT2D eigenvalue weighted by atomic mass is 35.5. The van der Waals surface area contributed by atoms with Crippen LogP contribution in [0.25, 0.3) is 11.0 Å². The first-order valence-corrected chi connectivity index (χ1v) is 7.13. The van der Waals surface area contributed by atoms with Crippen LogP contribution in [0.5, 0.6) is 5.75 Å². The van der Waals surface area contributed by atoms with Crippen LogP contribution in [0, 0.1) is 0 Å². The molecule has 1 N–H and O–H groups in total. The summed E-state index contributed by atoms with van der Waals surface area (Å²) in [5.41, 5.74) is 0.417. The zero-order valence-corrected chi connectivity index (χ0v) is 12.9. The molecule has 3 aromatic rings. The molecule has 0 spiro atoms. The Labute approximate surface area is 136 Å². The quantitative estimate of drug-likeness (QED) is 0.795. The maximum absolute atomic E-state index is 12.5. The topological polar surface area (TPSA) is 68.5 Å². The van der Waals surface area contributed by atoms with Crippen molar-refractivity contribution >= 4 is 34.2 Å². The van der Waals surface area contributed by atoms with Gasteiger partial charge >= 0.3 is 0 Å². The van der Waals surface area contributed by atoms with E-state index in [2.05, 4.69) is 5.32 Å². The molecule has 3 rings (SSSR count). The number of amides is 1. The first-order valence-electron chi connectivity index (χ1n) is 6.75. The highest BCUT2D eigenvalue weighted by molar-refractivity contribution is 6.30. The Morgan fingerprint density at radius 1 is 1.17 bits per heavy atom. The van der Waals surface area contributed by atoms with Crippen LogP contribution in [0.3, 0.4) is 0 Å². The Bertz CT molecular complexity index is 931. The molecule has 0 radical (unpaired) electrons. The number of carbonyl (C=O) groups excluding carboxylic acids is 1. The van der Waals surface area contributed by atoms with E-state index < -0.39 is 11.3 Å². The smallest absolute Gasteiger partial charge is 0.262 e. The van der Waals surface area contributed by atoms with Gasteiger partial charge in [-0.05, 0) is 42.5 Å². The molecule has 5 nitrogen and oxygen atoms in total. The summed E-state index contributed by atoms with van der Waals surface area (Å²) >= 11 is 5.79. The summed E-state index contributed by atoms with van der Waals surface area (Å²) in [6.45, 7) is 0. The fraction of sp³-hybridized carbons (Fsp3) is 0.0588. The Balaban J connectivity index is 1.98. The van der Waals surface area contributed by atoms with Gasteiger partial charge in [-0.15, -0.1) is 0 Å². The lowest BCUT2D eigenvalue weighted by atomic mass is 10.1. The molecule has 1 heterocycles. The van der Waals surface area contributed by atoms with E-state index in [0.29, 0.717) is 22.0 Å². The second kappa shape index (κ2) is 6.14. The normalized spacial score (nSPS) is 10.5. The Hall–Kier alpha value is -2.79. The van der Waals surface area contributed by atoms with Gasteiger partial charge in [0, 0.05) is 10.7 Å². The number of nitrogens with one attached hydrogen (secondary N) is 1. The van der Waals surface area contributed by atoms with Gasteiger partial charge in [-0.1, -0.05) is 11.6 Å². The molecule has 0 saturated heterocycles. The standard InChI is InChI=1S/C17H12ClNO4/c1-22-12-6-7-15-13(8-12)16(20)14(9-23-15)17(21)19-11-4-2-10(18)3-5-11/h2-9H,1H3,(H,19,21). The number of hydrogen-bond donors (Lipinski definition) is 1. The van der Waals surface area contributed by atoms with Crippen LogP contribution in [-0.4, -0.2) is 13.0 Å². The third-order valence-electron chi connectivity index (χ3n) is 3.33. The van der Waals surface area contributed by atoms with Crippen molar-refractivity contribution in [1.82, 2.24) is 0 Å². The van der Waals surface area contributed by atoms with Crippen LogP contribution < -0.4 is 15.5 Å². The van der Waals surface area contributed by atoms with Gasteiger partial charge in [-0.25, -0.2) is 0 Å². The zero-order chi connectivity index (χ0) is 16.4. The van der Waals surface area contributed by atoms with Crippen LogP contribution in [0.4, 0.5) is 5.69 Å². The van der Waals surface area contributed by atoms with E-state index in [1.165, 1.54) is 7.11 Å². The Morgan fingerprint density at radius 2 is 1.91 bits per heavy atom. The SMILES string of the molecule is COc1ccc2occ(C(=O)Nc3ccc(Cl)cc3)c(=O)c2c1. The highest BCUT2D eigenvalue weighted by Crippen LogP contribution is 2.19. The third-order valence-corrected chi connectivity index (χ3v) is 3.58. The van der Waals surface area contributed by atoms with Crippen molar-refractivity contribution in [3.8, 4) is 5.75 Å². The summed E-state index contributed by atoms with van der Waals surface area (Å²) in [4.78, 5) is 24.8. The fourth-order valence-electron chi connectivity index (χ4n) is 2.13. The average molecular weight is 330 g/mol. The van der Waals surface area contributed by atoms with E-state index in [1.807, 2.05) is 0 Å². The molecule has 1 aromatic heterocycles. The monoisotopic (exact) mass is 329 g/mol. The van der Waals surface area contributed by atoms with Crippen molar-refractivity contribution in [2.75, 3.05) is 12.4 Å². The van der Waals surface area contributed by atoms with Crippen LogP contribution in [0.15, 0.2) is 57.9 Å². The minimum Gasteiger partial charge on any atom is -0.497 e. The maximum Gasteiger partial charge on any atom is 0.262 e. The van der Waals surface area contributed by atoms with Crippen molar-refractivity contribution in [1.29, 1.82) is 0 Å². The van der Waals surface area contributed by atoms with Crippen molar-refractivity contribution in [3.63, 3.8) is 0 Å². The zero-order valence-electron chi connectivity index (χ0n) is 12.1. The van der Waals surface area contributed by atoms with E-state index in [-0.39, 0.29) is 10.9 Å². The third kappa shape index (κ3) is 3.05. The van der Waals surface area contributed by atoms with Gasteiger partial charge in [0.2, 0.25) is 5.43 Å². The van der Waals surface area contributed by atoms with Gasteiger partial charge in [0.05, 0.1) is 12.5 Å². The highest BCUT2D eigenvalue weighted by Gasteiger charge is 2.15. The number of rotatable bonds is 3. The molecule has 0 aliphatic carbocycles. The van der Waals surface area contributed by atoms with Crippen LogP contribution in [0.2, 0.25) is 5.02 Å². The molecule has 0 unspecified atom stereocenters. The Kier molecular flexibility index (Phi) is 4.04. The molecule has 116 valence electrons. The molecular formula is C17H12ClNO4. The number of carbonyl (C=O) groups is 1. The van der Waals surface area contributed by atoms with Gasteiger partial charge in [-0.2, -0.15) is 0 Å². The molecule has 1 amide bonds. The number of ether oxygens (including phenoxy) is 1. The molecule has 0 fully saturated rings. The first kappa shape index (κ1) is 15.1. The second-order valence-corrected chi connectivity index (χ2v) is 5.24. The van der Waals surface area contributed by atoms with E-state index in [0.717, 1.165) is 6.26 Å². The molecule has 6 heteroatoms. The lowest BCUT2D eigenvalue weighted by molar-refractivity contribution is 0.102. The van der Waals surface area contributed by atoms with E-state index in [4.69, 9.17) is 20.8 Å². The molecule has 2 aromatic carbocycles. The van der Waals surface area contributed by atoms with Crippen molar-refractivity contribution in [2.45, 2.75) is 0 Å². The van der Waals surface area contributed by atoms with E-state index in [1.54, 1.807) is 42.5 Å². The van der Waals surface area contributed by atoms with Crippen LogP contribution in [0.1, 0.15) is 10.4 Å². The molecule has 0 aliphatic heterocycles. The fourth-order valence-corrected chi connectivity index (χ4v) is 2.25. The van der Waals surface area contributed by atoms with Crippen LogP contribution in [-0.2, 0) is 0 Å². The number of methoxy groups -OCH3 is 1. The first-order chi connectivity index (χ1) is 11.1. The van der Waals surface area contributed by atoms with Crippen molar-refractivity contribution in [3.05, 3.63) is 69.5 Å². The summed E-state index contributed by atoms with van der Waals surface area (Å²) in [5.74, 6) is -0.0362. The maximum atomic E-state index is 12.5. The number of halogens is 1. The lowest BCUT2D eigenvalue weighted by Gasteiger charge is -2.06. The minimum atomic E-state index is -0.550.